The van der Waals surface area contributed by atoms with Crippen molar-refractivity contribution in [2.45, 2.75) is 12.1 Å². The Morgan fingerprint density at radius 3 is 2.78 bits per heavy atom. The summed E-state index contributed by atoms with van der Waals surface area (Å²) in [7, 11) is 1.00. The summed E-state index contributed by atoms with van der Waals surface area (Å²) in [5.41, 5.74) is -1.11. The number of nitrogens with one attached hydrogen (secondary N) is 2. The Hall–Kier alpha value is -2.09. The van der Waals surface area contributed by atoms with Crippen LogP contribution in [0, 0.1) is 0 Å². The molecule has 0 amide bonds. The number of aromatic hydroxyl groups is 1. The average molecular weight is 349 g/mol. The number of halogens is 4. The number of ether oxygens (including phenoxy) is 1. The molecule has 1 aromatic heterocycles. The van der Waals surface area contributed by atoms with Crippen molar-refractivity contribution < 1.29 is 27.8 Å². The van der Waals surface area contributed by atoms with Crippen LogP contribution in [0.15, 0.2) is 6.07 Å². The summed E-state index contributed by atoms with van der Waals surface area (Å²) in [5.74, 6) is -1.64. The zero-order valence-electron chi connectivity index (χ0n) is 11.8. The summed E-state index contributed by atoms with van der Waals surface area (Å²) in [6.07, 6.45) is -4.80. The summed E-state index contributed by atoms with van der Waals surface area (Å²) < 4.78 is 44.4. The fourth-order valence-electron chi connectivity index (χ4n) is 2.94. The molecule has 3 rings (SSSR count). The second-order valence-electron chi connectivity index (χ2n) is 5.20. The highest BCUT2D eigenvalue weighted by Crippen LogP contribution is 2.46. The molecular weight excluding hydrogens is 337 g/mol. The lowest BCUT2D eigenvalue weighted by molar-refractivity contribution is -0.141. The maximum absolute atomic E-state index is 13.3. The summed E-state index contributed by atoms with van der Waals surface area (Å²) in [6.45, 7) is 0.407. The lowest BCUT2D eigenvalue weighted by Crippen LogP contribution is -2.13. The topological polar surface area (TPSA) is 74.4 Å². The Morgan fingerprint density at radius 1 is 1.52 bits per heavy atom. The van der Waals surface area contributed by atoms with Gasteiger partial charge in [-0.3, -0.25) is 0 Å². The first-order chi connectivity index (χ1) is 10.8. The van der Waals surface area contributed by atoms with Gasteiger partial charge < -0.3 is 20.1 Å². The fourth-order valence-corrected chi connectivity index (χ4v) is 3.20. The molecule has 1 aromatic carbocycles. The summed E-state index contributed by atoms with van der Waals surface area (Å²) in [6, 6.07) is 1.32. The van der Waals surface area contributed by atoms with Crippen molar-refractivity contribution >= 4 is 34.2 Å². The standard InChI is InChI=1S/C14H12ClF3N2O3/c1-23-13(22)10-9-8-5(3-15)4-19-6(8)2-7(21)11(9)20-12(10)14(16,17)18/h2,5,19-21H,3-4H2,1H3. The second-order valence-corrected chi connectivity index (χ2v) is 5.51. The fraction of sp³-hybridized carbons (Fsp3) is 0.357. The predicted molar refractivity (Wildman–Crippen MR) is 78.3 cm³/mol. The summed E-state index contributed by atoms with van der Waals surface area (Å²) in [4.78, 5) is 14.1. The van der Waals surface area contributed by atoms with Crippen LogP contribution in [0.2, 0.25) is 0 Å². The molecule has 124 valence electrons. The smallest absolute Gasteiger partial charge is 0.432 e. The van der Waals surface area contributed by atoms with Gasteiger partial charge in [-0.1, -0.05) is 0 Å². The van der Waals surface area contributed by atoms with Crippen LogP contribution >= 0.6 is 11.6 Å². The van der Waals surface area contributed by atoms with Crippen molar-refractivity contribution in [3.8, 4) is 5.75 Å². The van der Waals surface area contributed by atoms with Crippen molar-refractivity contribution in [1.82, 2.24) is 4.98 Å². The van der Waals surface area contributed by atoms with Crippen LogP contribution in [-0.2, 0) is 10.9 Å². The van der Waals surface area contributed by atoms with Crippen molar-refractivity contribution in [3.05, 3.63) is 22.9 Å². The molecule has 9 heteroatoms. The molecule has 2 aromatic rings. The number of carbonyl (C=O) groups is 1. The normalized spacial score (nSPS) is 17.2. The number of aromatic nitrogens is 1. The van der Waals surface area contributed by atoms with E-state index in [4.69, 9.17) is 11.6 Å². The zero-order valence-corrected chi connectivity index (χ0v) is 12.6. The van der Waals surface area contributed by atoms with E-state index < -0.39 is 23.4 Å². The molecule has 1 unspecified atom stereocenters. The van der Waals surface area contributed by atoms with Gasteiger partial charge >= 0.3 is 12.1 Å². The maximum atomic E-state index is 13.3. The van der Waals surface area contributed by atoms with E-state index in [0.29, 0.717) is 17.8 Å². The van der Waals surface area contributed by atoms with Crippen molar-refractivity contribution in [2.24, 2.45) is 0 Å². The SMILES string of the molecule is COC(=O)c1c(C(F)(F)F)[nH]c2c(O)cc3c(c12)C(CCl)CN3. The number of carbonyl (C=O) groups excluding carboxylic acids is 1. The van der Waals surface area contributed by atoms with E-state index in [1.165, 1.54) is 6.07 Å². The highest BCUT2D eigenvalue weighted by molar-refractivity contribution is 6.19. The molecule has 0 spiro atoms. The number of alkyl halides is 4. The molecule has 1 aliphatic heterocycles. The molecule has 0 radical (unpaired) electrons. The Morgan fingerprint density at radius 2 is 2.22 bits per heavy atom. The third-order valence-corrected chi connectivity index (χ3v) is 4.28. The number of methoxy groups -OCH3 is 1. The zero-order chi connectivity index (χ0) is 16.9. The third-order valence-electron chi connectivity index (χ3n) is 3.90. The van der Waals surface area contributed by atoms with E-state index in [9.17, 15) is 23.1 Å². The van der Waals surface area contributed by atoms with Crippen LogP contribution in [0.3, 0.4) is 0 Å². The predicted octanol–water partition coefficient (Wildman–Crippen LogP) is 3.43. The number of anilines is 1. The molecule has 5 nitrogen and oxygen atoms in total. The van der Waals surface area contributed by atoms with E-state index >= 15 is 0 Å². The van der Waals surface area contributed by atoms with E-state index in [0.717, 1.165) is 7.11 Å². The number of benzene rings is 1. The number of hydrogen-bond acceptors (Lipinski definition) is 4. The first-order valence-electron chi connectivity index (χ1n) is 6.66. The van der Waals surface area contributed by atoms with E-state index in [-0.39, 0.29) is 28.5 Å². The van der Waals surface area contributed by atoms with Crippen molar-refractivity contribution in [1.29, 1.82) is 0 Å². The van der Waals surface area contributed by atoms with Gasteiger partial charge in [0, 0.05) is 35.5 Å². The van der Waals surface area contributed by atoms with Crippen molar-refractivity contribution in [3.63, 3.8) is 0 Å². The number of rotatable bonds is 2. The monoisotopic (exact) mass is 348 g/mol. The quantitative estimate of drug-likeness (QED) is 0.574. The van der Waals surface area contributed by atoms with E-state index in [1.807, 2.05) is 0 Å². The van der Waals surface area contributed by atoms with Crippen LogP contribution in [0.4, 0.5) is 18.9 Å². The number of phenols is 1. The highest BCUT2D eigenvalue weighted by Gasteiger charge is 2.41. The van der Waals surface area contributed by atoms with Gasteiger partial charge in [-0.15, -0.1) is 11.6 Å². The Kier molecular flexibility index (Phi) is 3.59. The maximum Gasteiger partial charge on any atom is 0.432 e. The Bertz CT molecular complexity index is 801. The lowest BCUT2D eigenvalue weighted by atomic mass is 9.95. The van der Waals surface area contributed by atoms with E-state index in [1.54, 1.807) is 0 Å². The molecule has 0 fully saturated rings. The van der Waals surface area contributed by atoms with Gasteiger partial charge in [0.15, 0.2) is 0 Å². The van der Waals surface area contributed by atoms with Gasteiger partial charge in [0.1, 0.15) is 11.4 Å². The Labute approximate surface area is 133 Å². The van der Waals surface area contributed by atoms with E-state index in [2.05, 4.69) is 15.0 Å². The molecule has 1 atom stereocenters. The summed E-state index contributed by atoms with van der Waals surface area (Å²) >= 11 is 5.89. The van der Waals surface area contributed by atoms with Gasteiger partial charge in [-0.05, 0) is 5.56 Å². The van der Waals surface area contributed by atoms with Crippen LogP contribution in [0.1, 0.15) is 27.5 Å². The van der Waals surface area contributed by atoms with Gasteiger partial charge in [-0.2, -0.15) is 13.2 Å². The van der Waals surface area contributed by atoms with Crippen LogP contribution < -0.4 is 5.32 Å². The minimum Gasteiger partial charge on any atom is -0.506 e. The van der Waals surface area contributed by atoms with Gasteiger partial charge in [0.05, 0.1) is 18.2 Å². The summed E-state index contributed by atoms with van der Waals surface area (Å²) in [5, 5.41) is 13.0. The second kappa shape index (κ2) is 5.23. The largest absolute Gasteiger partial charge is 0.506 e. The molecule has 0 aliphatic carbocycles. The van der Waals surface area contributed by atoms with Crippen LogP contribution in [0.25, 0.3) is 10.9 Å². The first-order valence-corrected chi connectivity index (χ1v) is 7.19. The number of hydrogen-bond donors (Lipinski definition) is 3. The van der Waals surface area contributed by atoms with Gasteiger partial charge in [0.2, 0.25) is 0 Å². The third kappa shape index (κ3) is 2.28. The number of H-pyrrole nitrogens is 1. The average Bonchev–Trinajstić information content (AvgIpc) is 3.06. The molecule has 3 N–H and O–H groups in total. The highest BCUT2D eigenvalue weighted by atomic mass is 35.5. The molecular formula is C14H12ClF3N2O3. The molecule has 23 heavy (non-hydrogen) atoms. The van der Waals surface area contributed by atoms with Gasteiger partial charge in [0.25, 0.3) is 0 Å². The first kappa shape index (κ1) is 15.8. The molecule has 0 saturated carbocycles. The minimum atomic E-state index is -4.80. The van der Waals surface area contributed by atoms with Gasteiger partial charge in [-0.25, -0.2) is 4.79 Å². The Balaban J connectivity index is 2.46. The number of esters is 1. The number of phenolic OH excluding ortho intramolecular Hbond substituents is 1. The van der Waals surface area contributed by atoms with Crippen LogP contribution in [0.5, 0.6) is 5.75 Å². The minimum absolute atomic E-state index is 0.00479. The molecule has 0 bridgehead atoms. The molecule has 2 heterocycles. The lowest BCUT2D eigenvalue weighted by Gasteiger charge is -2.10. The number of fused-ring (bicyclic) bond motifs is 3. The molecule has 1 aliphatic rings. The van der Waals surface area contributed by atoms with Crippen LogP contribution in [-0.4, -0.2) is 35.6 Å². The molecule has 0 saturated heterocycles. The number of aromatic amines is 1. The van der Waals surface area contributed by atoms with Crippen molar-refractivity contribution in [2.75, 3.05) is 24.9 Å².